The quantitative estimate of drug-likeness (QED) is 0.764. The number of fused-ring (bicyclic) bond motifs is 1. The molecule has 0 saturated heterocycles. The van der Waals surface area contributed by atoms with Crippen molar-refractivity contribution in [1.29, 1.82) is 0 Å². The zero-order valence-electron chi connectivity index (χ0n) is 8.74. The van der Waals surface area contributed by atoms with Crippen molar-refractivity contribution in [1.82, 2.24) is 4.98 Å². The van der Waals surface area contributed by atoms with E-state index in [2.05, 4.69) is 4.98 Å². The number of carbonyl (C=O) groups is 1. The molecule has 0 aliphatic carbocycles. The highest BCUT2D eigenvalue weighted by Gasteiger charge is 2.09. The Bertz CT molecular complexity index is 547. The van der Waals surface area contributed by atoms with Crippen molar-refractivity contribution in [3.8, 4) is 0 Å². The summed E-state index contributed by atoms with van der Waals surface area (Å²) in [4.78, 5) is 15.7. The number of pyridine rings is 1. The second-order valence-corrected chi connectivity index (χ2v) is 3.65. The van der Waals surface area contributed by atoms with Crippen LogP contribution in [0.4, 0.5) is 0 Å². The number of hydrogen-bond donors (Lipinski definition) is 1. The average Bonchev–Trinajstić information content (AvgIpc) is 2.18. The Kier molecular flexibility index (Phi) is 2.15. The average molecular weight is 200 g/mol. The second-order valence-electron chi connectivity index (χ2n) is 3.65. The van der Waals surface area contributed by atoms with Gasteiger partial charge < -0.3 is 5.73 Å². The molecule has 1 aromatic carbocycles. The zero-order valence-corrected chi connectivity index (χ0v) is 8.74. The number of aryl methyl sites for hydroxylation is 2. The number of hydrogen-bond acceptors (Lipinski definition) is 2. The second kappa shape index (κ2) is 3.35. The molecule has 0 saturated carbocycles. The Hall–Kier alpha value is -1.90. The molecule has 0 fully saturated rings. The smallest absolute Gasteiger partial charge is 0.249 e. The Morgan fingerprint density at radius 1 is 1.33 bits per heavy atom. The van der Waals surface area contributed by atoms with E-state index in [1.54, 1.807) is 6.07 Å². The monoisotopic (exact) mass is 200 g/mol. The number of nitrogens with two attached hydrogens (primary N) is 1. The topological polar surface area (TPSA) is 56.0 Å². The van der Waals surface area contributed by atoms with Crippen molar-refractivity contribution < 1.29 is 4.79 Å². The molecule has 2 rings (SSSR count). The van der Waals surface area contributed by atoms with Crippen LogP contribution in [-0.4, -0.2) is 10.9 Å². The highest BCUT2D eigenvalue weighted by Crippen LogP contribution is 2.20. The molecule has 15 heavy (non-hydrogen) atoms. The molecule has 0 aliphatic rings. The molecule has 0 bridgehead atoms. The minimum atomic E-state index is -0.406. The number of aromatic nitrogens is 1. The van der Waals surface area contributed by atoms with Crippen LogP contribution in [0.2, 0.25) is 0 Å². The first-order valence-electron chi connectivity index (χ1n) is 4.76. The molecular formula is C12H12N2O. The summed E-state index contributed by atoms with van der Waals surface area (Å²) in [6.07, 6.45) is 0. The van der Waals surface area contributed by atoms with Crippen molar-refractivity contribution in [2.24, 2.45) is 5.73 Å². The van der Waals surface area contributed by atoms with Gasteiger partial charge >= 0.3 is 0 Å². The van der Waals surface area contributed by atoms with Gasteiger partial charge in [0, 0.05) is 11.1 Å². The van der Waals surface area contributed by atoms with Crippen LogP contribution in [0, 0.1) is 13.8 Å². The van der Waals surface area contributed by atoms with Gasteiger partial charge in [0.05, 0.1) is 11.1 Å². The number of benzene rings is 1. The minimum Gasteiger partial charge on any atom is -0.366 e. The lowest BCUT2D eigenvalue weighted by atomic mass is 10.0. The standard InChI is InChI=1S/C12H12N2O/c1-7-4-3-5-9-10(12(13)15)6-8(2)14-11(7)9/h3-6H,1-2H3,(H2,13,15). The predicted octanol–water partition coefficient (Wildman–Crippen LogP) is 1.95. The summed E-state index contributed by atoms with van der Waals surface area (Å²) in [5, 5.41) is 0.827. The molecule has 0 unspecified atom stereocenters. The van der Waals surface area contributed by atoms with E-state index in [0.717, 1.165) is 22.2 Å². The summed E-state index contributed by atoms with van der Waals surface area (Å²) in [5.74, 6) is -0.406. The molecule has 1 heterocycles. The summed E-state index contributed by atoms with van der Waals surface area (Å²) in [6.45, 7) is 3.83. The molecule has 3 heteroatoms. The molecule has 1 aromatic heterocycles. The van der Waals surface area contributed by atoms with Crippen LogP contribution in [0.5, 0.6) is 0 Å². The van der Waals surface area contributed by atoms with Crippen molar-refractivity contribution in [3.63, 3.8) is 0 Å². The number of rotatable bonds is 1. The van der Waals surface area contributed by atoms with Crippen LogP contribution in [0.15, 0.2) is 24.3 Å². The van der Waals surface area contributed by atoms with Gasteiger partial charge in [-0.3, -0.25) is 9.78 Å². The van der Waals surface area contributed by atoms with Gasteiger partial charge in [-0.1, -0.05) is 18.2 Å². The van der Waals surface area contributed by atoms with Gasteiger partial charge in [-0.05, 0) is 25.5 Å². The van der Waals surface area contributed by atoms with Crippen LogP contribution in [0.3, 0.4) is 0 Å². The van der Waals surface area contributed by atoms with E-state index in [-0.39, 0.29) is 0 Å². The number of amides is 1. The first kappa shape index (κ1) is 9.65. The van der Waals surface area contributed by atoms with Crippen molar-refractivity contribution >= 4 is 16.8 Å². The highest BCUT2D eigenvalue weighted by atomic mass is 16.1. The predicted molar refractivity (Wildman–Crippen MR) is 59.7 cm³/mol. The fraction of sp³-hybridized carbons (Fsp3) is 0.167. The third kappa shape index (κ3) is 1.56. The van der Waals surface area contributed by atoms with E-state index in [1.807, 2.05) is 32.0 Å². The third-order valence-corrected chi connectivity index (χ3v) is 2.43. The molecule has 0 atom stereocenters. The van der Waals surface area contributed by atoms with Crippen LogP contribution in [-0.2, 0) is 0 Å². The van der Waals surface area contributed by atoms with E-state index >= 15 is 0 Å². The molecule has 76 valence electrons. The summed E-state index contributed by atoms with van der Waals surface area (Å²) >= 11 is 0. The molecular weight excluding hydrogens is 188 g/mol. The Morgan fingerprint density at radius 3 is 2.73 bits per heavy atom. The SMILES string of the molecule is Cc1cc(C(N)=O)c2cccc(C)c2n1. The van der Waals surface area contributed by atoms with Crippen LogP contribution in [0.1, 0.15) is 21.6 Å². The normalized spacial score (nSPS) is 10.5. The van der Waals surface area contributed by atoms with Gasteiger partial charge in [0.15, 0.2) is 0 Å². The maximum absolute atomic E-state index is 11.3. The lowest BCUT2D eigenvalue weighted by Gasteiger charge is -2.06. The van der Waals surface area contributed by atoms with E-state index in [0.29, 0.717) is 5.56 Å². The van der Waals surface area contributed by atoms with Gasteiger partial charge in [-0.25, -0.2) is 0 Å². The molecule has 2 aromatic rings. The molecule has 3 nitrogen and oxygen atoms in total. The largest absolute Gasteiger partial charge is 0.366 e. The Labute approximate surface area is 87.9 Å². The van der Waals surface area contributed by atoms with Crippen molar-refractivity contribution in [2.45, 2.75) is 13.8 Å². The lowest BCUT2D eigenvalue weighted by molar-refractivity contribution is 0.100. The van der Waals surface area contributed by atoms with E-state index in [1.165, 1.54) is 0 Å². The van der Waals surface area contributed by atoms with Crippen molar-refractivity contribution in [3.05, 3.63) is 41.1 Å². The van der Waals surface area contributed by atoms with Gasteiger partial charge in [0.1, 0.15) is 0 Å². The number of nitrogens with zero attached hydrogens (tertiary/aromatic N) is 1. The Morgan fingerprint density at radius 2 is 2.07 bits per heavy atom. The van der Waals surface area contributed by atoms with Gasteiger partial charge in [-0.15, -0.1) is 0 Å². The highest BCUT2D eigenvalue weighted by molar-refractivity contribution is 6.06. The van der Waals surface area contributed by atoms with E-state index in [4.69, 9.17) is 5.73 Å². The van der Waals surface area contributed by atoms with Crippen molar-refractivity contribution in [2.75, 3.05) is 0 Å². The van der Waals surface area contributed by atoms with Gasteiger partial charge in [0.2, 0.25) is 5.91 Å². The maximum atomic E-state index is 11.3. The molecule has 0 spiro atoms. The van der Waals surface area contributed by atoms with Crippen LogP contribution in [0.25, 0.3) is 10.9 Å². The number of para-hydroxylation sites is 1. The molecule has 0 radical (unpaired) electrons. The van der Waals surface area contributed by atoms with Crippen LogP contribution >= 0.6 is 0 Å². The fourth-order valence-corrected chi connectivity index (χ4v) is 1.72. The third-order valence-electron chi connectivity index (χ3n) is 2.43. The van der Waals surface area contributed by atoms with Gasteiger partial charge in [-0.2, -0.15) is 0 Å². The van der Waals surface area contributed by atoms with Crippen LogP contribution < -0.4 is 5.73 Å². The molecule has 2 N–H and O–H groups in total. The minimum absolute atomic E-state index is 0.406. The lowest BCUT2D eigenvalue weighted by Crippen LogP contribution is -2.12. The zero-order chi connectivity index (χ0) is 11.0. The van der Waals surface area contributed by atoms with E-state index in [9.17, 15) is 4.79 Å². The Balaban J connectivity index is 2.92. The fourth-order valence-electron chi connectivity index (χ4n) is 1.72. The summed E-state index contributed by atoms with van der Waals surface area (Å²) in [6, 6.07) is 7.47. The maximum Gasteiger partial charge on any atom is 0.249 e. The number of carbonyl (C=O) groups excluding carboxylic acids is 1. The first-order valence-corrected chi connectivity index (χ1v) is 4.76. The molecule has 1 amide bonds. The molecule has 0 aliphatic heterocycles. The van der Waals surface area contributed by atoms with Gasteiger partial charge in [0.25, 0.3) is 0 Å². The summed E-state index contributed by atoms with van der Waals surface area (Å²) in [5.41, 5.74) is 8.59. The summed E-state index contributed by atoms with van der Waals surface area (Å²) in [7, 11) is 0. The van der Waals surface area contributed by atoms with E-state index < -0.39 is 5.91 Å². The summed E-state index contributed by atoms with van der Waals surface area (Å²) < 4.78 is 0. The first-order chi connectivity index (χ1) is 7.09. The number of primary amides is 1.